The van der Waals surface area contributed by atoms with Gasteiger partial charge < -0.3 is 5.32 Å². The van der Waals surface area contributed by atoms with Crippen LogP contribution in [0.15, 0.2) is 66.7 Å². The van der Waals surface area contributed by atoms with Crippen molar-refractivity contribution in [1.82, 2.24) is 15.1 Å². The number of rotatable bonds is 7. The first kappa shape index (κ1) is 18.9. The second-order valence-electron chi connectivity index (χ2n) is 7.75. The number of nitrogens with one attached hydrogen (secondary N) is 1. The van der Waals surface area contributed by atoms with Crippen molar-refractivity contribution in [3.8, 4) is 0 Å². The minimum absolute atomic E-state index is 0.158. The SMILES string of the molecule is O=C(NC1CC1)[C@H](c1ccccc1)N1CCN(C/C=C/c2ccccc2)CC1. The molecule has 2 fully saturated rings. The van der Waals surface area contributed by atoms with Crippen molar-refractivity contribution < 1.29 is 4.79 Å². The van der Waals surface area contributed by atoms with E-state index < -0.39 is 0 Å². The van der Waals surface area contributed by atoms with Gasteiger partial charge in [0.2, 0.25) is 5.91 Å². The van der Waals surface area contributed by atoms with E-state index in [-0.39, 0.29) is 11.9 Å². The highest BCUT2D eigenvalue weighted by atomic mass is 16.2. The Balaban J connectivity index is 1.34. The maximum atomic E-state index is 12.9. The largest absolute Gasteiger partial charge is 0.352 e. The molecular formula is C24H29N3O. The molecule has 4 nitrogen and oxygen atoms in total. The van der Waals surface area contributed by atoms with Gasteiger partial charge in [-0.1, -0.05) is 72.8 Å². The minimum atomic E-state index is -0.177. The first-order valence-corrected chi connectivity index (χ1v) is 10.3. The molecule has 1 saturated heterocycles. The molecule has 4 heteroatoms. The molecule has 1 amide bonds. The lowest BCUT2D eigenvalue weighted by Crippen LogP contribution is -2.51. The van der Waals surface area contributed by atoms with Gasteiger partial charge in [0, 0.05) is 38.8 Å². The normalized spacial score (nSPS) is 19.6. The van der Waals surface area contributed by atoms with Crippen molar-refractivity contribution in [2.75, 3.05) is 32.7 Å². The van der Waals surface area contributed by atoms with Crippen LogP contribution >= 0.6 is 0 Å². The first-order valence-electron chi connectivity index (χ1n) is 10.3. The van der Waals surface area contributed by atoms with E-state index in [4.69, 9.17) is 0 Å². The molecule has 1 atom stereocenters. The molecule has 1 aliphatic heterocycles. The predicted molar refractivity (Wildman–Crippen MR) is 114 cm³/mol. The summed E-state index contributed by atoms with van der Waals surface area (Å²) >= 11 is 0. The van der Waals surface area contributed by atoms with Gasteiger partial charge in [-0.3, -0.25) is 14.6 Å². The average Bonchev–Trinajstić information content (AvgIpc) is 3.55. The van der Waals surface area contributed by atoms with Gasteiger partial charge in [0.15, 0.2) is 0 Å². The van der Waals surface area contributed by atoms with Gasteiger partial charge in [-0.25, -0.2) is 0 Å². The Morgan fingerprint density at radius 3 is 2.25 bits per heavy atom. The van der Waals surface area contributed by atoms with E-state index in [1.54, 1.807) is 0 Å². The van der Waals surface area contributed by atoms with Crippen LogP contribution in [0.2, 0.25) is 0 Å². The van der Waals surface area contributed by atoms with Gasteiger partial charge >= 0.3 is 0 Å². The highest BCUT2D eigenvalue weighted by Gasteiger charge is 2.33. The number of carbonyl (C=O) groups excluding carboxylic acids is 1. The Kier molecular flexibility index (Phi) is 6.20. The van der Waals surface area contributed by atoms with E-state index in [1.165, 1.54) is 5.56 Å². The van der Waals surface area contributed by atoms with E-state index in [2.05, 4.69) is 63.7 Å². The first-order chi connectivity index (χ1) is 13.8. The molecule has 0 spiro atoms. The van der Waals surface area contributed by atoms with Crippen molar-refractivity contribution in [1.29, 1.82) is 0 Å². The lowest BCUT2D eigenvalue weighted by atomic mass is 10.0. The smallest absolute Gasteiger partial charge is 0.242 e. The molecule has 146 valence electrons. The number of hydrogen-bond acceptors (Lipinski definition) is 3. The third-order valence-electron chi connectivity index (χ3n) is 5.53. The minimum Gasteiger partial charge on any atom is -0.352 e. The van der Waals surface area contributed by atoms with Crippen molar-refractivity contribution in [3.05, 3.63) is 77.9 Å². The number of hydrogen-bond donors (Lipinski definition) is 1. The summed E-state index contributed by atoms with van der Waals surface area (Å²) in [6.45, 7) is 4.75. The Bertz CT molecular complexity index is 778. The zero-order valence-corrected chi connectivity index (χ0v) is 16.3. The van der Waals surface area contributed by atoms with Gasteiger partial charge in [-0.05, 0) is 24.0 Å². The summed E-state index contributed by atoms with van der Waals surface area (Å²) in [6.07, 6.45) is 6.66. The summed E-state index contributed by atoms with van der Waals surface area (Å²) < 4.78 is 0. The van der Waals surface area contributed by atoms with Gasteiger partial charge in [0.05, 0.1) is 0 Å². The molecule has 2 aliphatic rings. The monoisotopic (exact) mass is 375 g/mol. The summed E-state index contributed by atoms with van der Waals surface area (Å²) in [5, 5.41) is 3.21. The molecule has 2 aromatic carbocycles. The van der Waals surface area contributed by atoms with Crippen molar-refractivity contribution in [2.45, 2.75) is 24.9 Å². The third kappa shape index (κ3) is 5.09. The summed E-state index contributed by atoms with van der Waals surface area (Å²) in [7, 11) is 0. The van der Waals surface area contributed by atoms with E-state index >= 15 is 0 Å². The Morgan fingerprint density at radius 1 is 0.964 bits per heavy atom. The van der Waals surface area contributed by atoms with Gasteiger partial charge in [-0.2, -0.15) is 0 Å². The standard InChI is InChI=1S/C24H29N3O/c28-24(25-22-13-14-22)23(21-11-5-2-6-12-21)27-18-16-26(17-19-27)15-7-10-20-8-3-1-4-9-20/h1-12,22-23H,13-19H2,(H,25,28)/b10-7+/t23-/m0/s1. The lowest BCUT2D eigenvalue weighted by molar-refractivity contribution is -0.127. The molecule has 1 N–H and O–H groups in total. The average molecular weight is 376 g/mol. The summed E-state index contributed by atoms with van der Waals surface area (Å²) in [4.78, 5) is 17.7. The fraction of sp³-hybridized carbons (Fsp3) is 0.375. The van der Waals surface area contributed by atoms with Gasteiger partial charge in [0.1, 0.15) is 6.04 Å². The van der Waals surface area contributed by atoms with Crippen LogP contribution in [0, 0.1) is 0 Å². The molecule has 0 aromatic heterocycles. The Hall–Kier alpha value is -2.43. The molecule has 0 bridgehead atoms. The molecule has 1 saturated carbocycles. The quantitative estimate of drug-likeness (QED) is 0.806. The molecule has 1 aliphatic carbocycles. The molecule has 28 heavy (non-hydrogen) atoms. The van der Waals surface area contributed by atoms with Crippen LogP contribution in [0.4, 0.5) is 0 Å². The number of piperazine rings is 1. The van der Waals surface area contributed by atoms with Crippen LogP contribution in [0.25, 0.3) is 6.08 Å². The summed E-state index contributed by atoms with van der Waals surface area (Å²) in [5.41, 5.74) is 2.33. The maximum Gasteiger partial charge on any atom is 0.242 e. The van der Waals surface area contributed by atoms with Gasteiger partial charge in [-0.15, -0.1) is 0 Å². The number of carbonyl (C=O) groups is 1. The van der Waals surface area contributed by atoms with E-state index in [0.717, 1.165) is 51.1 Å². The highest BCUT2D eigenvalue weighted by molar-refractivity contribution is 5.83. The van der Waals surface area contributed by atoms with Crippen molar-refractivity contribution in [2.24, 2.45) is 0 Å². The van der Waals surface area contributed by atoms with Crippen LogP contribution in [0.1, 0.15) is 30.0 Å². The highest BCUT2D eigenvalue weighted by Crippen LogP contribution is 2.25. The molecule has 0 radical (unpaired) electrons. The third-order valence-corrected chi connectivity index (χ3v) is 5.53. The van der Waals surface area contributed by atoms with Crippen LogP contribution in [-0.2, 0) is 4.79 Å². The van der Waals surface area contributed by atoms with Crippen LogP contribution < -0.4 is 5.32 Å². The number of benzene rings is 2. The van der Waals surface area contributed by atoms with E-state index in [9.17, 15) is 4.79 Å². The molecule has 2 aromatic rings. The summed E-state index contributed by atoms with van der Waals surface area (Å²) in [6, 6.07) is 20.8. The lowest BCUT2D eigenvalue weighted by Gasteiger charge is -2.38. The van der Waals surface area contributed by atoms with Crippen LogP contribution in [-0.4, -0.2) is 54.5 Å². The maximum absolute atomic E-state index is 12.9. The zero-order valence-electron chi connectivity index (χ0n) is 16.3. The second-order valence-corrected chi connectivity index (χ2v) is 7.75. The van der Waals surface area contributed by atoms with Gasteiger partial charge in [0.25, 0.3) is 0 Å². The molecular weight excluding hydrogens is 346 g/mol. The van der Waals surface area contributed by atoms with Crippen molar-refractivity contribution >= 4 is 12.0 Å². The number of nitrogens with zero attached hydrogens (tertiary/aromatic N) is 2. The predicted octanol–water partition coefficient (Wildman–Crippen LogP) is 3.34. The Labute approximate surface area is 167 Å². The van der Waals surface area contributed by atoms with Crippen LogP contribution in [0.5, 0.6) is 0 Å². The fourth-order valence-electron chi connectivity index (χ4n) is 3.78. The van der Waals surface area contributed by atoms with Crippen LogP contribution in [0.3, 0.4) is 0 Å². The Morgan fingerprint density at radius 2 is 1.61 bits per heavy atom. The zero-order chi connectivity index (χ0) is 19.2. The fourth-order valence-corrected chi connectivity index (χ4v) is 3.78. The molecule has 1 heterocycles. The topological polar surface area (TPSA) is 35.6 Å². The second kappa shape index (κ2) is 9.18. The molecule has 4 rings (SSSR count). The van der Waals surface area contributed by atoms with E-state index in [0.29, 0.717) is 6.04 Å². The number of amides is 1. The van der Waals surface area contributed by atoms with Crippen molar-refractivity contribution in [3.63, 3.8) is 0 Å². The molecule has 0 unspecified atom stereocenters. The summed E-state index contributed by atoms with van der Waals surface area (Å²) in [5.74, 6) is 0.158. The van der Waals surface area contributed by atoms with E-state index in [1.807, 2.05) is 24.3 Å².